The maximum absolute atomic E-state index is 12.4. The fourth-order valence-electron chi connectivity index (χ4n) is 3.19. The molecule has 0 radical (unpaired) electrons. The molecule has 2 aliphatic rings. The monoisotopic (exact) mass is 341 g/mol. The standard InChI is InChI=1S/C15H23N3O4S/c1-11-5-6-14(22-11)13-4-3-7-18(13)15(19)16-8-12-9-17(10-12)23(2,20)21/h5-6,12-13H,3-4,7-10H2,1-2H3,(H,16,19)/t13-/m0/s1. The van der Waals surface area contributed by atoms with Gasteiger partial charge in [-0.2, -0.15) is 0 Å². The molecule has 1 atom stereocenters. The van der Waals surface area contributed by atoms with Gasteiger partial charge in [-0.15, -0.1) is 0 Å². The zero-order valence-corrected chi connectivity index (χ0v) is 14.3. The van der Waals surface area contributed by atoms with Gasteiger partial charge in [0.2, 0.25) is 10.0 Å². The Morgan fingerprint density at radius 3 is 2.74 bits per heavy atom. The first kappa shape index (κ1) is 16.3. The van der Waals surface area contributed by atoms with Gasteiger partial charge in [-0.25, -0.2) is 17.5 Å². The predicted molar refractivity (Wildman–Crippen MR) is 85.4 cm³/mol. The van der Waals surface area contributed by atoms with Gasteiger partial charge in [-0.1, -0.05) is 0 Å². The molecule has 23 heavy (non-hydrogen) atoms. The van der Waals surface area contributed by atoms with E-state index in [4.69, 9.17) is 4.42 Å². The molecule has 0 aromatic carbocycles. The van der Waals surface area contributed by atoms with Crippen molar-refractivity contribution in [2.45, 2.75) is 25.8 Å². The van der Waals surface area contributed by atoms with Crippen molar-refractivity contribution >= 4 is 16.1 Å². The lowest BCUT2D eigenvalue weighted by Gasteiger charge is -2.37. The number of hydrogen-bond donors (Lipinski definition) is 1. The number of rotatable bonds is 4. The van der Waals surface area contributed by atoms with Crippen molar-refractivity contribution in [3.8, 4) is 0 Å². The summed E-state index contributed by atoms with van der Waals surface area (Å²) in [4.78, 5) is 14.2. The number of sulfonamides is 1. The molecule has 3 rings (SSSR count). The third kappa shape index (κ3) is 3.53. The van der Waals surface area contributed by atoms with Crippen LogP contribution in [0.25, 0.3) is 0 Å². The van der Waals surface area contributed by atoms with E-state index in [1.165, 1.54) is 10.6 Å². The lowest BCUT2D eigenvalue weighted by atomic mass is 10.0. The minimum atomic E-state index is -3.10. The maximum Gasteiger partial charge on any atom is 0.318 e. The van der Waals surface area contributed by atoms with E-state index >= 15 is 0 Å². The minimum Gasteiger partial charge on any atom is -0.464 e. The average molecular weight is 341 g/mol. The maximum atomic E-state index is 12.4. The average Bonchev–Trinajstić information content (AvgIpc) is 3.02. The molecule has 2 aliphatic heterocycles. The molecule has 2 saturated heterocycles. The van der Waals surface area contributed by atoms with Gasteiger partial charge in [0.05, 0.1) is 12.3 Å². The minimum absolute atomic E-state index is 0.00221. The van der Waals surface area contributed by atoms with Crippen LogP contribution in [0.5, 0.6) is 0 Å². The molecule has 1 N–H and O–H groups in total. The summed E-state index contributed by atoms with van der Waals surface area (Å²) in [6, 6.07) is 3.75. The van der Waals surface area contributed by atoms with Gasteiger partial charge in [0.15, 0.2) is 0 Å². The second-order valence-electron chi connectivity index (χ2n) is 6.43. The summed E-state index contributed by atoms with van der Waals surface area (Å²) in [5.41, 5.74) is 0. The molecule has 0 spiro atoms. The first-order valence-corrected chi connectivity index (χ1v) is 9.75. The van der Waals surface area contributed by atoms with Crippen LogP contribution >= 0.6 is 0 Å². The van der Waals surface area contributed by atoms with Gasteiger partial charge in [0.25, 0.3) is 0 Å². The second kappa shape index (κ2) is 6.16. The van der Waals surface area contributed by atoms with Crippen LogP contribution in [0.3, 0.4) is 0 Å². The highest BCUT2D eigenvalue weighted by Gasteiger charge is 2.35. The van der Waals surface area contributed by atoms with Gasteiger partial charge in [-0.05, 0) is 31.9 Å². The summed E-state index contributed by atoms with van der Waals surface area (Å²) >= 11 is 0. The quantitative estimate of drug-likeness (QED) is 0.895. The van der Waals surface area contributed by atoms with Crippen LogP contribution in [0.4, 0.5) is 4.79 Å². The van der Waals surface area contributed by atoms with E-state index in [2.05, 4.69) is 5.32 Å². The molecule has 0 bridgehead atoms. The van der Waals surface area contributed by atoms with Gasteiger partial charge in [-0.3, -0.25) is 0 Å². The summed E-state index contributed by atoms with van der Waals surface area (Å²) in [6.45, 7) is 4.09. The molecule has 3 heterocycles. The molecule has 1 aromatic rings. The third-order valence-electron chi connectivity index (χ3n) is 4.54. The fourth-order valence-corrected chi connectivity index (χ4v) is 4.16. The lowest BCUT2D eigenvalue weighted by Crippen LogP contribution is -2.54. The normalized spacial score (nSPS) is 23.0. The van der Waals surface area contributed by atoms with Gasteiger partial charge in [0.1, 0.15) is 11.5 Å². The smallest absolute Gasteiger partial charge is 0.318 e. The molecule has 8 heteroatoms. The first-order chi connectivity index (χ1) is 10.8. The Morgan fingerprint density at radius 2 is 2.13 bits per heavy atom. The highest BCUT2D eigenvalue weighted by molar-refractivity contribution is 7.88. The fraction of sp³-hybridized carbons (Fsp3) is 0.667. The second-order valence-corrected chi connectivity index (χ2v) is 8.41. The van der Waals surface area contributed by atoms with E-state index in [0.29, 0.717) is 19.6 Å². The first-order valence-electron chi connectivity index (χ1n) is 7.90. The van der Waals surface area contributed by atoms with Crippen molar-refractivity contribution in [1.29, 1.82) is 0 Å². The van der Waals surface area contributed by atoms with E-state index in [0.717, 1.165) is 30.9 Å². The molecule has 2 fully saturated rings. The van der Waals surface area contributed by atoms with Crippen LogP contribution in [0.15, 0.2) is 16.5 Å². The van der Waals surface area contributed by atoms with Crippen molar-refractivity contribution < 1.29 is 17.6 Å². The van der Waals surface area contributed by atoms with Crippen LogP contribution in [0.1, 0.15) is 30.4 Å². The summed E-state index contributed by atoms with van der Waals surface area (Å²) in [5, 5.41) is 2.93. The van der Waals surface area contributed by atoms with E-state index in [-0.39, 0.29) is 18.0 Å². The molecule has 2 amide bonds. The van der Waals surface area contributed by atoms with E-state index in [9.17, 15) is 13.2 Å². The highest BCUT2D eigenvalue weighted by atomic mass is 32.2. The molecular weight excluding hydrogens is 318 g/mol. The lowest BCUT2D eigenvalue weighted by molar-refractivity contribution is 0.169. The Bertz CT molecular complexity index is 679. The van der Waals surface area contributed by atoms with Crippen molar-refractivity contribution in [3.05, 3.63) is 23.7 Å². The Balaban J connectivity index is 1.50. The number of carbonyl (C=O) groups excluding carboxylic acids is 1. The topological polar surface area (TPSA) is 82.9 Å². The molecule has 0 saturated carbocycles. The zero-order chi connectivity index (χ0) is 16.6. The van der Waals surface area contributed by atoms with E-state index in [1.54, 1.807) is 0 Å². The van der Waals surface area contributed by atoms with Crippen LogP contribution < -0.4 is 5.32 Å². The number of likely N-dealkylation sites (tertiary alicyclic amines) is 1. The molecular formula is C15H23N3O4S. The number of amides is 2. The van der Waals surface area contributed by atoms with Crippen LogP contribution in [0, 0.1) is 12.8 Å². The van der Waals surface area contributed by atoms with Gasteiger partial charge < -0.3 is 14.6 Å². The van der Waals surface area contributed by atoms with Crippen LogP contribution in [-0.2, 0) is 10.0 Å². The molecule has 0 aliphatic carbocycles. The third-order valence-corrected chi connectivity index (χ3v) is 5.77. The summed E-state index contributed by atoms with van der Waals surface area (Å²) in [7, 11) is -3.10. The number of furan rings is 1. The molecule has 7 nitrogen and oxygen atoms in total. The summed E-state index contributed by atoms with van der Waals surface area (Å²) in [5.74, 6) is 1.88. The van der Waals surface area contributed by atoms with Gasteiger partial charge >= 0.3 is 6.03 Å². The molecule has 128 valence electrons. The van der Waals surface area contributed by atoms with E-state index in [1.807, 2.05) is 24.0 Å². The summed E-state index contributed by atoms with van der Waals surface area (Å²) in [6.07, 6.45) is 3.08. The largest absolute Gasteiger partial charge is 0.464 e. The Hall–Kier alpha value is -1.54. The number of carbonyl (C=O) groups is 1. The Kier molecular flexibility index (Phi) is 4.37. The number of nitrogens with zero attached hydrogens (tertiary/aromatic N) is 2. The number of nitrogens with one attached hydrogen (secondary N) is 1. The number of hydrogen-bond acceptors (Lipinski definition) is 4. The predicted octanol–water partition coefficient (Wildman–Crippen LogP) is 1.33. The highest BCUT2D eigenvalue weighted by Crippen LogP contribution is 2.32. The zero-order valence-electron chi connectivity index (χ0n) is 13.5. The van der Waals surface area contributed by atoms with Crippen molar-refractivity contribution in [3.63, 3.8) is 0 Å². The number of aryl methyl sites for hydroxylation is 1. The van der Waals surface area contributed by atoms with Crippen molar-refractivity contribution in [2.75, 3.05) is 32.4 Å². The SMILES string of the molecule is Cc1ccc([C@@H]2CCCN2C(=O)NCC2CN(S(C)(=O)=O)C2)o1. The Labute approximate surface area is 136 Å². The number of urea groups is 1. The van der Waals surface area contributed by atoms with Crippen LogP contribution in [-0.4, -0.2) is 56.1 Å². The van der Waals surface area contributed by atoms with Crippen molar-refractivity contribution in [1.82, 2.24) is 14.5 Å². The Morgan fingerprint density at radius 1 is 1.39 bits per heavy atom. The van der Waals surface area contributed by atoms with Crippen LogP contribution in [0.2, 0.25) is 0 Å². The van der Waals surface area contributed by atoms with Gasteiger partial charge in [0, 0.05) is 32.1 Å². The molecule has 0 unspecified atom stereocenters. The summed E-state index contributed by atoms with van der Waals surface area (Å²) < 4.78 is 29.7. The molecule has 1 aromatic heterocycles. The van der Waals surface area contributed by atoms with Crippen molar-refractivity contribution in [2.24, 2.45) is 5.92 Å². The van der Waals surface area contributed by atoms with E-state index < -0.39 is 10.0 Å².